The van der Waals surface area contributed by atoms with Gasteiger partial charge in [0.25, 0.3) is 0 Å². The number of guanidine groups is 1. The van der Waals surface area contributed by atoms with Gasteiger partial charge in [-0.15, -0.1) is 24.0 Å². The molecule has 1 aromatic heterocycles. The molecule has 0 amide bonds. The number of rotatable bonds is 5. The van der Waals surface area contributed by atoms with Gasteiger partial charge in [0, 0.05) is 38.6 Å². The zero-order valence-corrected chi connectivity index (χ0v) is 14.5. The van der Waals surface area contributed by atoms with Crippen LogP contribution in [0.25, 0.3) is 0 Å². The Hall–Kier alpha value is -0.790. The van der Waals surface area contributed by atoms with Crippen LogP contribution in [0.2, 0.25) is 0 Å². The molecular weight excluding hydrogens is 365 g/mol. The van der Waals surface area contributed by atoms with Crippen molar-refractivity contribution in [2.45, 2.75) is 51.1 Å². The molecule has 6 heteroatoms. The normalized spacial score (nSPS) is 16.6. The Morgan fingerprint density at radius 3 is 2.80 bits per heavy atom. The molecule has 0 unspecified atom stereocenters. The van der Waals surface area contributed by atoms with Gasteiger partial charge in [0.2, 0.25) is 0 Å². The van der Waals surface area contributed by atoms with Crippen molar-refractivity contribution < 1.29 is 0 Å². The molecule has 5 nitrogen and oxygen atoms in total. The van der Waals surface area contributed by atoms with Gasteiger partial charge in [-0.25, -0.2) is 4.98 Å². The van der Waals surface area contributed by atoms with Gasteiger partial charge in [-0.3, -0.25) is 4.99 Å². The second kappa shape index (κ2) is 10.0. The predicted molar refractivity (Wildman–Crippen MR) is 93.6 cm³/mol. The summed E-state index contributed by atoms with van der Waals surface area (Å²) in [6, 6.07) is 0.605. The maximum absolute atomic E-state index is 4.29. The first kappa shape index (κ1) is 17.3. The molecule has 2 rings (SSSR count). The molecule has 1 fully saturated rings. The Morgan fingerprint density at radius 1 is 1.35 bits per heavy atom. The standard InChI is InChI=1S/C14H25N5.HI/c1-15-14(18-13-6-3-2-4-7-13)17-8-5-10-19-11-9-16-12-19;/h9,11-13H,2-8,10H2,1H3,(H2,15,17,18);1H. The molecule has 0 saturated heterocycles. The minimum atomic E-state index is 0. The minimum absolute atomic E-state index is 0. The Bertz CT molecular complexity index is 371. The summed E-state index contributed by atoms with van der Waals surface area (Å²) in [6.45, 7) is 1.93. The topological polar surface area (TPSA) is 54.2 Å². The van der Waals surface area contributed by atoms with E-state index in [-0.39, 0.29) is 24.0 Å². The van der Waals surface area contributed by atoms with Gasteiger partial charge in [-0.2, -0.15) is 0 Å². The third-order valence-electron chi connectivity index (χ3n) is 3.61. The summed E-state index contributed by atoms with van der Waals surface area (Å²) >= 11 is 0. The van der Waals surface area contributed by atoms with Gasteiger partial charge in [0.15, 0.2) is 5.96 Å². The number of hydrogen-bond donors (Lipinski definition) is 2. The molecule has 1 heterocycles. The van der Waals surface area contributed by atoms with Crippen LogP contribution in [0.3, 0.4) is 0 Å². The molecular formula is C14H26IN5. The van der Waals surface area contributed by atoms with E-state index >= 15 is 0 Å². The number of nitrogens with zero attached hydrogens (tertiary/aromatic N) is 3. The van der Waals surface area contributed by atoms with E-state index in [1.165, 1.54) is 32.1 Å². The molecule has 1 aromatic rings. The predicted octanol–water partition coefficient (Wildman–Crippen LogP) is 2.39. The quantitative estimate of drug-likeness (QED) is 0.351. The fourth-order valence-corrected chi connectivity index (χ4v) is 2.52. The van der Waals surface area contributed by atoms with E-state index in [1.807, 2.05) is 25.8 Å². The van der Waals surface area contributed by atoms with Crippen molar-refractivity contribution >= 4 is 29.9 Å². The van der Waals surface area contributed by atoms with Crippen LogP contribution in [0, 0.1) is 0 Å². The van der Waals surface area contributed by atoms with Gasteiger partial charge >= 0.3 is 0 Å². The molecule has 0 radical (unpaired) electrons. The average molecular weight is 391 g/mol. The molecule has 2 N–H and O–H groups in total. The van der Waals surface area contributed by atoms with Crippen LogP contribution in [-0.4, -0.2) is 35.1 Å². The summed E-state index contributed by atoms with van der Waals surface area (Å²) in [7, 11) is 1.84. The van der Waals surface area contributed by atoms with Crippen molar-refractivity contribution in [3.63, 3.8) is 0 Å². The zero-order valence-electron chi connectivity index (χ0n) is 12.2. The summed E-state index contributed by atoms with van der Waals surface area (Å²) in [4.78, 5) is 8.33. The number of halogens is 1. The smallest absolute Gasteiger partial charge is 0.191 e. The lowest BCUT2D eigenvalue weighted by atomic mass is 9.96. The van der Waals surface area contributed by atoms with Gasteiger partial charge in [0.1, 0.15) is 0 Å². The minimum Gasteiger partial charge on any atom is -0.356 e. The number of aryl methyl sites for hydroxylation is 1. The van der Waals surface area contributed by atoms with Crippen LogP contribution in [0.1, 0.15) is 38.5 Å². The van der Waals surface area contributed by atoms with Crippen LogP contribution >= 0.6 is 24.0 Å². The third kappa shape index (κ3) is 6.11. The summed E-state index contributed by atoms with van der Waals surface area (Å²) < 4.78 is 2.10. The van der Waals surface area contributed by atoms with Gasteiger partial charge < -0.3 is 15.2 Å². The average Bonchev–Trinajstić information content (AvgIpc) is 2.96. The van der Waals surface area contributed by atoms with Crippen molar-refractivity contribution in [2.75, 3.05) is 13.6 Å². The monoisotopic (exact) mass is 391 g/mol. The van der Waals surface area contributed by atoms with Crippen LogP contribution in [0.5, 0.6) is 0 Å². The van der Waals surface area contributed by atoms with Crippen LogP contribution in [0.4, 0.5) is 0 Å². The van der Waals surface area contributed by atoms with Crippen LogP contribution < -0.4 is 10.6 Å². The van der Waals surface area contributed by atoms with Crippen LogP contribution in [0.15, 0.2) is 23.7 Å². The molecule has 0 atom stereocenters. The highest BCUT2D eigenvalue weighted by Gasteiger charge is 2.13. The summed E-state index contributed by atoms with van der Waals surface area (Å²) in [5.74, 6) is 0.942. The second-order valence-electron chi connectivity index (χ2n) is 5.13. The van der Waals surface area contributed by atoms with Crippen molar-refractivity contribution in [3.05, 3.63) is 18.7 Å². The first-order valence-electron chi connectivity index (χ1n) is 7.31. The molecule has 0 bridgehead atoms. The summed E-state index contributed by atoms with van der Waals surface area (Å²) in [5.41, 5.74) is 0. The number of imidazole rings is 1. The van der Waals surface area contributed by atoms with Crippen molar-refractivity contribution in [1.29, 1.82) is 0 Å². The Morgan fingerprint density at radius 2 is 2.15 bits per heavy atom. The number of aliphatic imine (C=N–C) groups is 1. The highest BCUT2D eigenvalue weighted by molar-refractivity contribution is 14.0. The van der Waals surface area contributed by atoms with E-state index in [2.05, 4.69) is 25.2 Å². The molecule has 0 spiro atoms. The second-order valence-corrected chi connectivity index (χ2v) is 5.13. The molecule has 1 saturated carbocycles. The Labute approximate surface area is 138 Å². The van der Waals surface area contributed by atoms with Crippen molar-refractivity contribution in [2.24, 2.45) is 4.99 Å². The Balaban J connectivity index is 0.00000200. The highest BCUT2D eigenvalue weighted by Crippen LogP contribution is 2.17. The fourth-order valence-electron chi connectivity index (χ4n) is 2.52. The van der Waals surface area contributed by atoms with E-state index in [0.717, 1.165) is 25.5 Å². The Kier molecular flexibility index (Phi) is 8.64. The molecule has 1 aliphatic rings. The van der Waals surface area contributed by atoms with E-state index in [9.17, 15) is 0 Å². The maximum atomic E-state index is 4.29. The number of hydrogen-bond acceptors (Lipinski definition) is 2. The first-order valence-corrected chi connectivity index (χ1v) is 7.31. The van der Waals surface area contributed by atoms with Gasteiger partial charge in [-0.1, -0.05) is 19.3 Å². The lowest BCUT2D eigenvalue weighted by Gasteiger charge is -2.24. The molecule has 0 aromatic carbocycles. The molecule has 1 aliphatic carbocycles. The fraction of sp³-hybridized carbons (Fsp3) is 0.714. The van der Waals surface area contributed by atoms with Gasteiger partial charge in [0.05, 0.1) is 6.33 Å². The van der Waals surface area contributed by atoms with E-state index in [4.69, 9.17) is 0 Å². The van der Waals surface area contributed by atoms with Crippen LogP contribution in [-0.2, 0) is 6.54 Å². The SMILES string of the molecule is CN=C(NCCCn1ccnc1)NC1CCCCC1.I. The van der Waals surface area contributed by atoms with E-state index < -0.39 is 0 Å². The van der Waals surface area contributed by atoms with Crippen molar-refractivity contribution in [1.82, 2.24) is 20.2 Å². The molecule has 114 valence electrons. The lowest BCUT2D eigenvalue weighted by Crippen LogP contribution is -2.44. The maximum Gasteiger partial charge on any atom is 0.191 e. The summed E-state index contributed by atoms with van der Waals surface area (Å²) in [5, 5.41) is 6.90. The third-order valence-corrected chi connectivity index (χ3v) is 3.61. The number of nitrogens with one attached hydrogen (secondary N) is 2. The number of aromatic nitrogens is 2. The van der Waals surface area contributed by atoms with E-state index in [1.54, 1.807) is 0 Å². The van der Waals surface area contributed by atoms with E-state index in [0.29, 0.717) is 6.04 Å². The van der Waals surface area contributed by atoms with Crippen molar-refractivity contribution in [3.8, 4) is 0 Å². The lowest BCUT2D eigenvalue weighted by molar-refractivity contribution is 0.410. The summed E-state index contributed by atoms with van der Waals surface area (Å²) in [6.07, 6.45) is 13.4. The van der Waals surface area contributed by atoms with Gasteiger partial charge in [-0.05, 0) is 19.3 Å². The highest BCUT2D eigenvalue weighted by atomic mass is 127. The zero-order chi connectivity index (χ0) is 13.3. The first-order chi connectivity index (χ1) is 9.38. The molecule has 20 heavy (non-hydrogen) atoms. The largest absolute Gasteiger partial charge is 0.356 e. The molecule has 0 aliphatic heterocycles.